The van der Waals surface area contributed by atoms with Gasteiger partial charge in [-0.25, -0.2) is 13.2 Å². The summed E-state index contributed by atoms with van der Waals surface area (Å²) >= 11 is 0. The van der Waals surface area contributed by atoms with Gasteiger partial charge in [-0.1, -0.05) is 6.42 Å². The quantitative estimate of drug-likeness (QED) is 0.754. The third-order valence-corrected chi connectivity index (χ3v) is 7.66. The number of nitrogens with one attached hydrogen (secondary N) is 2. The number of carbonyl (C=O) groups excluding carboxylic acids is 2. The fourth-order valence-corrected chi connectivity index (χ4v) is 5.11. The molecule has 1 saturated carbocycles. The molecule has 3 amide bonds. The van der Waals surface area contributed by atoms with Gasteiger partial charge in [-0.15, -0.1) is 0 Å². The van der Waals surface area contributed by atoms with Crippen molar-refractivity contribution in [3.63, 3.8) is 0 Å². The largest absolute Gasteiger partial charge is 0.355 e. The molecular weight excluding hydrogens is 306 g/mol. The van der Waals surface area contributed by atoms with Gasteiger partial charge in [0.2, 0.25) is 5.91 Å². The van der Waals surface area contributed by atoms with Gasteiger partial charge < -0.3 is 15.5 Å². The second kappa shape index (κ2) is 5.11. The fraction of sp³-hybridized carbons (Fsp3) is 0.857. The Labute approximate surface area is 130 Å². The summed E-state index contributed by atoms with van der Waals surface area (Å²) in [5, 5.41) is 5.62. The van der Waals surface area contributed by atoms with Crippen molar-refractivity contribution in [2.75, 3.05) is 32.4 Å². The average Bonchev–Trinajstić information content (AvgIpc) is 2.94. The van der Waals surface area contributed by atoms with Gasteiger partial charge >= 0.3 is 6.03 Å². The van der Waals surface area contributed by atoms with Crippen LogP contribution in [0.5, 0.6) is 0 Å². The minimum atomic E-state index is -3.16. The number of carbonyl (C=O) groups is 2. The minimum Gasteiger partial charge on any atom is -0.355 e. The standard InChI is InChI=1S/C14H23N3O4S/c1-22(20,21)14(3-2-4-14)9-16-12(19)17-6-5-13(10-17)7-11(18)15-8-13/h2-10H2,1H3,(H,15,18)(H,16,19). The van der Waals surface area contributed by atoms with Crippen LogP contribution in [0.25, 0.3) is 0 Å². The van der Waals surface area contributed by atoms with Crippen LogP contribution < -0.4 is 10.6 Å². The summed E-state index contributed by atoms with van der Waals surface area (Å²) in [7, 11) is -3.16. The highest BCUT2D eigenvalue weighted by molar-refractivity contribution is 7.92. The Bertz CT molecular complexity index is 599. The maximum atomic E-state index is 12.3. The van der Waals surface area contributed by atoms with E-state index in [1.807, 2.05) is 0 Å². The van der Waals surface area contributed by atoms with Crippen molar-refractivity contribution in [3.8, 4) is 0 Å². The van der Waals surface area contributed by atoms with Gasteiger partial charge in [-0.05, 0) is 19.3 Å². The number of hydrogen-bond acceptors (Lipinski definition) is 4. The summed E-state index contributed by atoms with van der Waals surface area (Å²) in [6, 6.07) is -0.217. The van der Waals surface area contributed by atoms with Crippen molar-refractivity contribution in [2.45, 2.75) is 36.9 Å². The van der Waals surface area contributed by atoms with Gasteiger partial charge in [0.25, 0.3) is 0 Å². The van der Waals surface area contributed by atoms with Crippen LogP contribution in [-0.2, 0) is 14.6 Å². The van der Waals surface area contributed by atoms with E-state index < -0.39 is 14.6 Å². The lowest BCUT2D eigenvalue weighted by molar-refractivity contribution is -0.119. The molecule has 1 aliphatic carbocycles. The number of sulfone groups is 1. The van der Waals surface area contributed by atoms with Gasteiger partial charge in [-0.2, -0.15) is 0 Å². The van der Waals surface area contributed by atoms with Crippen molar-refractivity contribution in [2.24, 2.45) is 5.41 Å². The molecule has 0 aromatic rings. The zero-order valence-corrected chi connectivity index (χ0v) is 13.7. The van der Waals surface area contributed by atoms with Crippen LogP contribution in [0.4, 0.5) is 4.79 Å². The zero-order valence-electron chi connectivity index (χ0n) is 12.9. The van der Waals surface area contributed by atoms with E-state index in [9.17, 15) is 18.0 Å². The molecule has 3 aliphatic rings. The highest BCUT2D eigenvalue weighted by Crippen LogP contribution is 2.39. The SMILES string of the molecule is CS(=O)(=O)C1(CNC(=O)N2CCC3(CNC(=O)C3)C2)CCC1. The molecule has 3 fully saturated rings. The molecule has 1 unspecified atom stereocenters. The van der Waals surface area contributed by atoms with Gasteiger partial charge in [0, 0.05) is 44.3 Å². The van der Waals surface area contributed by atoms with E-state index in [1.165, 1.54) is 6.26 Å². The molecule has 2 saturated heterocycles. The third-order valence-electron chi connectivity index (χ3n) is 5.53. The van der Waals surface area contributed by atoms with Crippen molar-refractivity contribution >= 4 is 21.8 Å². The molecule has 0 radical (unpaired) electrons. The topological polar surface area (TPSA) is 95.6 Å². The molecule has 0 bridgehead atoms. The Morgan fingerprint density at radius 1 is 1.36 bits per heavy atom. The summed E-state index contributed by atoms with van der Waals surface area (Å²) < 4.78 is 23.0. The highest BCUT2D eigenvalue weighted by atomic mass is 32.2. The lowest BCUT2D eigenvalue weighted by Crippen LogP contribution is -2.55. The third kappa shape index (κ3) is 2.57. The summed E-state index contributed by atoms with van der Waals surface area (Å²) in [6.45, 7) is 1.99. The van der Waals surface area contributed by atoms with Crippen molar-refractivity contribution in [1.29, 1.82) is 0 Å². The van der Waals surface area contributed by atoms with Crippen LogP contribution >= 0.6 is 0 Å². The van der Waals surface area contributed by atoms with Crippen LogP contribution in [0.1, 0.15) is 32.1 Å². The number of hydrogen-bond donors (Lipinski definition) is 2. The first-order valence-electron chi connectivity index (χ1n) is 7.75. The van der Waals surface area contributed by atoms with Crippen LogP contribution in [0.15, 0.2) is 0 Å². The molecule has 1 atom stereocenters. The number of amides is 3. The Morgan fingerprint density at radius 2 is 2.09 bits per heavy atom. The summed E-state index contributed by atoms with van der Waals surface area (Å²) in [4.78, 5) is 25.4. The molecule has 0 aromatic heterocycles. The zero-order chi connectivity index (χ0) is 16.0. The number of rotatable bonds is 3. The van der Waals surface area contributed by atoms with Crippen molar-refractivity contribution < 1.29 is 18.0 Å². The lowest BCUT2D eigenvalue weighted by atomic mass is 9.84. The number of urea groups is 1. The number of likely N-dealkylation sites (tertiary alicyclic amines) is 1. The fourth-order valence-electron chi connectivity index (χ4n) is 3.75. The van der Waals surface area contributed by atoms with E-state index in [-0.39, 0.29) is 23.9 Å². The van der Waals surface area contributed by atoms with Crippen LogP contribution in [0, 0.1) is 5.41 Å². The molecule has 3 rings (SSSR count). The first-order chi connectivity index (χ1) is 10.3. The summed E-state index contributed by atoms with van der Waals surface area (Å²) in [5.74, 6) is 0.0488. The predicted molar refractivity (Wildman–Crippen MR) is 81.1 cm³/mol. The molecule has 7 nitrogen and oxygen atoms in total. The molecule has 1 spiro atoms. The molecule has 2 aliphatic heterocycles. The molecule has 2 heterocycles. The maximum absolute atomic E-state index is 12.3. The van der Waals surface area contributed by atoms with Crippen LogP contribution in [0.2, 0.25) is 0 Å². The highest BCUT2D eigenvalue weighted by Gasteiger charge is 2.48. The van der Waals surface area contributed by atoms with E-state index in [1.54, 1.807) is 4.90 Å². The minimum absolute atomic E-state index is 0.0488. The second-order valence-corrected chi connectivity index (χ2v) is 9.50. The predicted octanol–water partition coefficient (Wildman–Crippen LogP) is -0.125. The Kier molecular flexibility index (Phi) is 3.62. The van der Waals surface area contributed by atoms with Gasteiger partial charge in [0.1, 0.15) is 0 Å². The molecule has 124 valence electrons. The first-order valence-corrected chi connectivity index (χ1v) is 9.64. The Balaban J connectivity index is 1.56. The average molecular weight is 329 g/mol. The van der Waals surface area contributed by atoms with Crippen LogP contribution in [-0.4, -0.2) is 62.4 Å². The van der Waals surface area contributed by atoms with Gasteiger partial charge in [0.15, 0.2) is 9.84 Å². The van der Waals surface area contributed by atoms with Gasteiger partial charge in [0.05, 0.1) is 4.75 Å². The Morgan fingerprint density at radius 3 is 2.59 bits per heavy atom. The monoisotopic (exact) mass is 329 g/mol. The maximum Gasteiger partial charge on any atom is 0.317 e. The smallest absolute Gasteiger partial charge is 0.317 e. The molecule has 22 heavy (non-hydrogen) atoms. The van der Waals surface area contributed by atoms with Gasteiger partial charge in [-0.3, -0.25) is 4.79 Å². The van der Waals surface area contributed by atoms with E-state index in [4.69, 9.17) is 0 Å². The first kappa shape index (κ1) is 15.6. The van der Waals surface area contributed by atoms with Crippen molar-refractivity contribution in [1.82, 2.24) is 15.5 Å². The van der Waals surface area contributed by atoms with E-state index >= 15 is 0 Å². The van der Waals surface area contributed by atoms with E-state index in [0.29, 0.717) is 38.9 Å². The summed E-state index contributed by atoms with van der Waals surface area (Å²) in [5.41, 5.74) is -0.126. The number of nitrogens with zero attached hydrogens (tertiary/aromatic N) is 1. The molecule has 2 N–H and O–H groups in total. The van der Waals surface area contributed by atoms with Crippen molar-refractivity contribution in [3.05, 3.63) is 0 Å². The summed E-state index contributed by atoms with van der Waals surface area (Å²) in [6.07, 6.45) is 4.67. The van der Waals surface area contributed by atoms with E-state index in [0.717, 1.165) is 12.8 Å². The Hall–Kier alpha value is -1.31. The second-order valence-electron chi connectivity index (χ2n) is 7.09. The normalized spacial score (nSPS) is 30.2. The molecule has 8 heteroatoms. The van der Waals surface area contributed by atoms with Crippen LogP contribution in [0.3, 0.4) is 0 Å². The molecular formula is C14H23N3O4S. The van der Waals surface area contributed by atoms with E-state index in [2.05, 4.69) is 10.6 Å². The molecule has 0 aromatic carbocycles. The lowest BCUT2D eigenvalue weighted by Gasteiger charge is -2.40.